The summed E-state index contributed by atoms with van der Waals surface area (Å²) < 4.78 is 64.5. The van der Waals surface area contributed by atoms with Gasteiger partial charge in [0.15, 0.2) is 0 Å². The number of carbonyl (C=O) groups is 1. The van der Waals surface area contributed by atoms with Crippen LogP contribution in [0.15, 0.2) is 48.5 Å². The fourth-order valence-corrected chi connectivity index (χ4v) is 5.61. The first-order valence-electron chi connectivity index (χ1n) is 9.29. The van der Waals surface area contributed by atoms with E-state index in [-0.39, 0.29) is 17.9 Å². The Morgan fingerprint density at radius 1 is 1.03 bits per heavy atom. The molecule has 0 atom stereocenters. The zero-order chi connectivity index (χ0) is 21.8. The highest BCUT2D eigenvalue weighted by Crippen LogP contribution is 2.31. The average Bonchev–Trinajstić information content (AvgIpc) is 2.73. The van der Waals surface area contributed by atoms with Crippen molar-refractivity contribution in [1.29, 1.82) is 0 Å². The lowest BCUT2D eigenvalue weighted by atomic mass is 9.98. The number of nitrogens with zero attached hydrogens (tertiary/aromatic N) is 1. The molecule has 3 rings (SSSR count). The van der Waals surface area contributed by atoms with Crippen LogP contribution in [0.25, 0.3) is 11.1 Å². The van der Waals surface area contributed by atoms with Gasteiger partial charge in [-0.3, -0.25) is 4.79 Å². The molecule has 1 aliphatic heterocycles. The van der Waals surface area contributed by atoms with Gasteiger partial charge in [-0.25, -0.2) is 12.7 Å². The number of amides is 1. The lowest BCUT2D eigenvalue weighted by Crippen LogP contribution is -2.41. The van der Waals surface area contributed by atoms with Crippen molar-refractivity contribution in [2.75, 3.05) is 36.9 Å². The van der Waals surface area contributed by atoms with Crippen LogP contribution >= 0.6 is 11.8 Å². The molecule has 2 aromatic carbocycles. The summed E-state index contributed by atoms with van der Waals surface area (Å²) in [6.45, 7) is 0.890. The van der Waals surface area contributed by atoms with Gasteiger partial charge in [-0.1, -0.05) is 30.3 Å². The largest absolute Gasteiger partial charge is 0.416 e. The number of carbonyl (C=O) groups excluding carboxylic acids is 1. The van der Waals surface area contributed by atoms with Crippen molar-refractivity contribution in [3.8, 4) is 11.1 Å². The summed E-state index contributed by atoms with van der Waals surface area (Å²) >= 11 is 1.70. The topological polar surface area (TPSA) is 66.5 Å². The number of halogens is 3. The predicted molar refractivity (Wildman–Crippen MR) is 112 cm³/mol. The van der Waals surface area contributed by atoms with E-state index in [1.165, 1.54) is 16.4 Å². The fourth-order valence-electron chi connectivity index (χ4n) is 3.11. The molecule has 0 spiro atoms. The summed E-state index contributed by atoms with van der Waals surface area (Å²) in [5.74, 6) is 0.833. The van der Waals surface area contributed by atoms with Crippen LogP contribution in [-0.4, -0.2) is 55.5 Å². The maximum Gasteiger partial charge on any atom is 0.416 e. The SMILES string of the molecule is O=C(NCCS(=O)(=O)N1CCSCC1)c1ccccc1-c1ccc(C(F)(F)F)cc1. The molecule has 0 unspecified atom stereocenters. The molecular formula is C20H21F3N2O3S2. The number of alkyl halides is 3. The molecule has 0 aliphatic carbocycles. The Kier molecular flexibility index (Phi) is 7.10. The molecule has 1 heterocycles. The Morgan fingerprint density at radius 2 is 1.67 bits per heavy atom. The molecule has 162 valence electrons. The van der Waals surface area contributed by atoms with Crippen molar-refractivity contribution >= 4 is 27.7 Å². The van der Waals surface area contributed by atoms with E-state index in [1.54, 1.807) is 36.0 Å². The molecule has 30 heavy (non-hydrogen) atoms. The molecule has 1 fully saturated rings. The standard InChI is InChI=1S/C20H21F3N2O3S2/c21-20(22,23)16-7-5-15(6-8-16)17-3-1-2-4-18(17)19(26)24-9-14-30(27,28)25-10-12-29-13-11-25/h1-8H,9-14H2,(H,24,26). The number of sulfonamides is 1. The first-order chi connectivity index (χ1) is 14.2. The number of rotatable bonds is 6. The van der Waals surface area contributed by atoms with Crippen LogP contribution in [0.4, 0.5) is 13.2 Å². The van der Waals surface area contributed by atoms with E-state index in [2.05, 4.69) is 5.32 Å². The van der Waals surface area contributed by atoms with E-state index in [4.69, 9.17) is 0 Å². The Balaban J connectivity index is 1.68. The summed E-state index contributed by atoms with van der Waals surface area (Å²) in [6, 6.07) is 11.1. The van der Waals surface area contributed by atoms with E-state index >= 15 is 0 Å². The third-order valence-corrected chi connectivity index (χ3v) is 7.52. The van der Waals surface area contributed by atoms with Crippen molar-refractivity contribution in [3.63, 3.8) is 0 Å². The Labute approximate surface area is 177 Å². The van der Waals surface area contributed by atoms with E-state index in [0.717, 1.165) is 23.6 Å². The fraction of sp³-hybridized carbons (Fsp3) is 0.350. The Morgan fingerprint density at radius 3 is 2.30 bits per heavy atom. The molecule has 1 amide bonds. The molecule has 0 aromatic heterocycles. The molecule has 1 saturated heterocycles. The van der Waals surface area contributed by atoms with Gasteiger partial charge in [0.1, 0.15) is 0 Å². The minimum absolute atomic E-state index is 0.0494. The molecule has 0 radical (unpaired) electrons. The second kappa shape index (κ2) is 9.40. The van der Waals surface area contributed by atoms with Crippen molar-refractivity contribution < 1.29 is 26.4 Å². The first kappa shape index (κ1) is 22.6. The lowest BCUT2D eigenvalue weighted by Gasteiger charge is -2.25. The smallest absolute Gasteiger partial charge is 0.351 e. The lowest BCUT2D eigenvalue weighted by molar-refractivity contribution is -0.137. The van der Waals surface area contributed by atoms with E-state index < -0.39 is 27.7 Å². The third-order valence-electron chi connectivity index (χ3n) is 4.70. The quantitative estimate of drug-likeness (QED) is 0.720. The van der Waals surface area contributed by atoms with Crippen LogP contribution in [0, 0.1) is 0 Å². The van der Waals surface area contributed by atoms with Crippen LogP contribution in [0.5, 0.6) is 0 Å². The zero-order valence-corrected chi connectivity index (χ0v) is 17.6. The summed E-state index contributed by atoms with van der Waals surface area (Å²) in [5.41, 5.74) is 0.436. The van der Waals surface area contributed by atoms with Crippen LogP contribution in [0.3, 0.4) is 0 Å². The summed E-state index contributed by atoms with van der Waals surface area (Å²) in [6.07, 6.45) is -4.44. The molecule has 1 N–H and O–H groups in total. The normalized spacial score (nSPS) is 15.7. The molecule has 5 nitrogen and oxygen atoms in total. The van der Waals surface area contributed by atoms with E-state index in [0.29, 0.717) is 24.2 Å². The maximum atomic E-state index is 12.8. The van der Waals surface area contributed by atoms with Crippen LogP contribution in [0.2, 0.25) is 0 Å². The molecule has 2 aromatic rings. The van der Waals surface area contributed by atoms with E-state index in [9.17, 15) is 26.4 Å². The van der Waals surface area contributed by atoms with Crippen molar-refractivity contribution in [3.05, 3.63) is 59.7 Å². The Hall–Kier alpha value is -2.04. The summed E-state index contributed by atoms with van der Waals surface area (Å²) in [4.78, 5) is 12.6. The highest BCUT2D eigenvalue weighted by molar-refractivity contribution is 7.99. The van der Waals surface area contributed by atoms with Crippen LogP contribution in [-0.2, 0) is 16.2 Å². The van der Waals surface area contributed by atoms with Gasteiger partial charge in [0.05, 0.1) is 11.3 Å². The number of hydrogen-bond acceptors (Lipinski definition) is 4. The van der Waals surface area contributed by atoms with Crippen molar-refractivity contribution in [2.24, 2.45) is 0 Å². The molecule has 0 bridgehead atoms. The average molecular weight is 459 g/mol. The number of benzene rings is 2. The van der Waals surface area contributed by atoms with Crippen molar-refractivity contribution in [2.45, 2.75) is 6.18 Å². The highest BCUT2D eigenvalue weighted by Gasteiger charge is 2.30. The summed E-state index contributed by atoms with van der Waals surface area (Å²) in [7, 11) is -3.44. The third kappa shape index (κ3) is 5.55. The monoisotopic (exact) mass is 458 g/mol. The minimum Gasteiger partial charge on any atom is -0.351 e. The number of hydrogen-bond donors (Lipinski definition) is 1. The zero-order valence-electron chi connectivity index (χ0n) is 16.0. The minimum atomic E-state index is -4.44. The molecule has 10 heteroatoms. The molecular weight excluding hydrogens is 437 g/mol. The van der Waals surface area contributed by atoms with Gasteiger partial charge in [0.25, 0.3) is 5.91 Å². The molecule has 1 aliphatic rings. The van der Waals surface area contributed by atoms with E-state index in [1.807, 2.05) is 0 Å². The van der Waals surface area contributed by atoms with Crippen LogP contribution in [0.1, 0.15) is 15.9 Å². The maximum absolute atomic E-state index is 12.8. The highest BCUT2D eigenvalue weighted by atomic mass is 32.2. The predicted octanol–water partition coefficient (Wildman–Crippen LogP) is 3.48. The number of thioether (sulfide) groups is 1. The first-order valence-corrected chi connectivity index (χ1v) is 12.1. The summed E-state index contributed by atoms with van der Waals surface area (Å²) in [5, 5.41) is 2.61. The Bertz CT molecular complexity index is 987. The van der Waals surface area contributed by atoms with Gasteiger partial charge in [0.2, 0.25) is 10.0 Å². The van der Waals surface area contributed by atoms with Gasteiger partial charge in [-0.05, 0) is 29.3 Å². The van der Waals surface area contributed by atoms with Gasteiger partial charge in [-0.2, -0.15) is 24.9 Å². The second-order valence-corrected chi connectivity index (χ2v) is 10.0. The van der Waals surface area contributed by atoms with Crippen LogP contribution < -0.4 is 5.32 Å². The number of nitrogens with one attached hydrogen (secondary N) is 1. The van der Waals surface area contributed by atoms with Gasteiger partial charge in [0, 0.05) is 36.7 Å². The molecule has 0 saturated carbocycles. The van der Waals surface area contributed by atoms with Gasteiger partial charge >= 0.3 is 6.18 Å². The van der Waals surface area contributed by atoms with Gasteiger partial charge in [-0.15, -0.1) is 0 Å². The second-order valence-electron chi connectivity index (χ2n) is 6.70. The van der Waals surface area contributed by atoms with Gasteiger partial charge < -0.3 is 5.32 Å². The van der Waals surface area contributed by atoms with Crippen molar-refractivity contribution in [1.82, 2.24) is 9.62 Å².